The summed E-state index contributed by atoms with van der Waals surface area (Å²) in [7, 11) is 0. The fraction of sp³-hybridized carbons (Fsp3) is 0.111. The van der Waals surface area contributed by atoms with Crippen LogP contribution in [0, 0.1) is 17.7 Å². The van der Waals surface area contributed by atoms with Gasteiger partial charge < -0.3 is 5.73 Å². The third-order valence-corrected chi connectivity index (χ3v) is 1.45. The van der Waals surface area contributed by atoms with Gasteiger partial charge in [0.1, 0.15) is 5.82 Å². The van der Waals surface area contributed by atoms with Crippen molar-refractivity contribution in [1.29, 1.82) is 0 Å². The van der Waals surface area contributed by atoms with Gasteiger partial charge in [0.25, 0.3) is 0 Å². The van der Waals surface area contributed by atoms with Crippen LogP contribution >= 0.6 is 0 Å². The highest BCUT2D eigenvalue weighted by Crippen LogP contribution is 2.11. The molecular formula is C9H7FN4. The molecule has 1 aromatic rings. The lowest BCUT2D eigenvalue weighted by atomic mass is 10.2. The highest BCUT2D eigenvalue weighted by Gasteiger charge is 1.96. The second-order valence-electron chi connectivity index (χ2n) is 2.42. The van der Waals surface area contributed by atoms with Crippen molar-refractivity contribution in [2.24, 2.45) is 5.11 Å². The average Bonchev–Trinajstić information content (AvgIpc) is 2.15. The van der Waals surface area contributed by atoms with Gasteiger partial charge in [0.15, 0.2) is 0 Å². The summed E-state index contributed by atoms with van der Waals surface area (Å²) in [6.07, 6.45) is 0. The third kappa shape index (κ3) is 2.70. The number of hydrogen-bond donors (Lipinski definition) is 1. The average molecular weight is 190 g/mol. The molecule has 1 rings (SSSR count). The van der Waals surface area contributed by atoms with Crippen molar-refractivity contribution in [3.63, 3.8) is 0 Å². The first-order valence-corrected chi connectivity index (χ1v) is 3.79. The molecule has 0 unspecified atom stereocenters. The van der Waals surface area contributed by atoms with Crippen LogP contribution in [-0.2, 0) is 0 Å². The van der Waals surface area contributed by atoms with Gasteiger partial charge in [-0.3, -0.25) is 0 Å². The van der Waals surface area contributed by atoms with Crippen molar-refractivity contribution in [2.45, 2.75) is 0 Å². The number of halogens is 1. The maximum Gasteiger partial charge on any atom is 0.125 e. The smallest absolute Gasteiger partial charge is 0.125 e. The molecule has 0 aromatic heterocycles. The van der Waals surface area contributed by atoms with Gasteiger partial charge in [-0.1, -0.05) is 17.0 Å². The normalized spacial score (nSPS) is 8.36. The van der Waals surface area contributed by atoms with Crippen molar-refractivity contribution in [3.8, 4) is 11.8 Å². The van der Waals surface area contributed by atoms with E-state index in [-0.39, 0.29) is 12.2 Å². The molecule has 0 bridgehead atoms. The molecule has 0 aliphatic carbocycles. The Balaban J connectivity index is 2.84. The van der Waals surface area contributed by atoms with Crippen molar-refractivity contribution in [3.05, 3.63) is 40.0 Å². The van der Waals surface area contributed by atoms with Gasteiger partial charge in [-0.15, -0.1) is 0 Å². The van der Waals surface area contributed by atoms with Crippen LogP contribution in [0.4, 0.5) is 10.1 Å². The van der Waals surface area contributed by atoms with Gasteiger partial charge >= 0.3 is 0 Å². The largest absolute Gasteiger partial charge is 0.398 e. The first-order valence-electron chi connectivity index (χ1n) is 3.79. The molecule has 0 saturated heterocycles. The summed E-state index contributed by atoms with van der Waals surface area (Å²) in [5.41, 5.74) is 14.3. The number of anilines is 1. The topological polar surface area (TPSA) is 74.8 Å². The molecule has 70 valence electrons. The Hall–Kier alpha value is -2.18. The van der Waals surface area contributed by atoms with Crippen LogP contribution < -0.4 is 5.73 Å². The molecule has 1 aromatic carbocycles. The molecule has 0 saturated carbocycles. The maximum absolute atomic E-state index is 12.6. The Bertz CT molecular complexity index is 438. The Morgan fingerprint density at radius 3 is 3.00 bits per heavy atom. The van der Waals surface area contributed by atoms with E-state index in [1.165, 1.54) is 18.2 Å². The molecular weight excluding hydrogens is 183 g/mol. The van der Waals surface area contributed by atoms with E-state index in [4.69, 9.17) is 11.3 Å². The Morgan fingerprint density at radius 2 is 2.36 bits per heavy atom. The molecule has 2 N–H and O–H groups in total. The Kier molecular flexibility index (Phi) is 3.36. The van der Waals surface area contributed by atoms with Gasteiger partial charge in [-0.2, -0.15) is 0 Å². The van der Waals surface area contributed by atoms with Crippen LogP contribution in [0.5, 0.6) is 0 Å². The maximum atomic E-state index is 12.6. The molecule has 0 heterocycles. The predicted molar refractivity (Wildman–Crippen MR) is 51.7 cm³/mol. The van der Waals surface area contributed by atoms with Gasteiger partial charge in [-0.25, -0.2) is 4.39 Å². The van der Waals surface area contributed by atoms with E-state index in [0.717, 1.165) is 0 Å². The van der Waals surface area contributed by atoms with Gasteiger partial charge in [0.05, 0.1) is 12.2 Å². The number of hydrogen-bond acceptors (Lipinski definition) is 2. The number of rotatable bonds is 1. The zero-order valence-electron chi connectivity index (χ0n) is 7.24. The summed E-state index contributed by atoms with van der Waals surface area (Å²) in [6, 6.07) is 3.94. The van der Waals surface area contributed by atoms with Crippen LogP contribution in [0.3, 0.4) is 0 Å². The van der Waals surface area contributed by atoms with E-state index < -0.39 is 5.82 Å². The standard InChI is InChI=1S/C9H7FN4/c10-8-4-3-7(9(11)6-8)2-1-5-13-14-12/h3-4,6H,5,11H2. The lowest BCUT2D eigenvalue weighted by molar-refractivity contribution is 0.628. The number of benzene rings is 1. The van der Waals surface area contributed by atoms with Crippen LogP contribution in [0.15, 0.2) is 23.3 Å². The monoisotopic (exact) mass is 190 g/mol. The molecule has 0 aliphatic heterocycles. The number of nitrogen functional groups attached to an aromatic ring is 1. The van der Waals surface area contributed by atoms with Crippen LogP contribution in [0.2, 0.25) is 0 Å². The van der Waals surface area contributed by atoms with E-state index in [9.17, 15) is 4.39 Å². The lowest BCUT2D eigenvalue weighted by Crippen LogP contribution is -1.91. The molecule has 0 aliphatic rings. The number of nitrogens with zero attached hydrogens (tertiary/aromatic N) is 3. The summed E-state index contributed by atoms with van der Waals surface area (Å²) in [5.74, 6) is 4.86. The predicted octanol–water partition coefficient (Wildman–Crippen LogP) is 2.07. The molecule has 0 amide bonds. The Morgan fingerprint density at radius 1 is 1.57 bits per heavy atom. The summed E-state index contributed by atoms with van der Waals surface area (Å²) in [5, 5.41) is 3.23. The quantitative estimate of drug-likeness (QED) is 0.238. The van der Waals surface area contributed by atoms with Crippen LogP contribution in [-0.4, -0.2) is 6.54 Å². The third-order valence-electron chi connectivity index (χ3n) is 1.45. The molecule has 0 radical (unpaired) electrons. The lowest BCUT2D eigenvalue weighted by Gasteiger charge is -1.96. The first-order chi connectivity index (χ1) is 6.74. The minimum Gasteiger partial charge on any atom is -0.398 e. The van der Waals surface area contributed by atoms with Crippen molar-refractivity contribution in [2.75, 3.05) is 12.3 Å². The van der Waals surface area contributed by atoms with Gasteiger partial charge in [0, 0.05) is 10.5 Å². The SMILES string of the molecule is [N-]=[N+]=NCC#Cc1ccc(F)cc1N. The fourth-order valence-electron chi connectivity index (χ4n) is 0.849. The first kappa shape index (κ1) is 9.90. The van der Waals surface area contributed by atoms with Crippen LogP contribution in [0.1, 0.15) is 5.56 Å². The molecule has 5 heteroatoms. The number of azide groups is 1. The second-order valence-corrected chi connectivity index (χ2v) is 2.42. The molecule has 0 spiro atoms. The van der Waals surface area contributed by atoms with E-state index in [1.807, 2.05) is 0 Å². The number of nitrogens with two attached hydrogens (primary N) is 1. The van der Waals surface area contributed by atoms with Crippen molar-refractivity contribution in [1.82, 2.24) is 0 Å². The highest BCUT2D eigenvalue weighted by atomic mass is 19.1. The zero-order valence-corrected chi connectivity index (χ0v) is 7.24. The molecule has 0 fully saturated rings. The minimum absolute atomic E-state index is 0.0767. The van der Waals surface area contributed by atoms with E-state index >= 15 is 0 Å². The fourth-order valence-corrected chi connectivity index (χ4v) is 0.849. The zero-order chi connectivity index (χ0) is 10.4. The van der Waals surface area contributed by atoms with Crippen molar-refractivity contribution >= 4 is 5.69 Å². The summed E-state index contributed by atoms with van der Waals surface area (Å²) in [6.45, 7) is 0.0767. The second kappa shape index (κ2) is 4.75. The van der Waals surface area contributed by atoms with Gasteiger partial charge in [-0.05, 0) is 23.7 Å². The Labute approximate surface area is 80.2 Å². The van der Waals surface area contributed by atoms with Crippen LogP contribution in [0.25, 0.3) is 10.4 Å². The van der Waals surface area contributed by atoms with E-state index in [2.05, 4.69) is 21.9 Å². The minimum atomic E-state index is -0.400. The summed E-state index contributed by atoms with van der Waals surface area (Å²) >= 11 is 0. The van der Waals surface area contributed by atoms with Gasteiger partial charge in [0.2, 0.25) is 0 Å². The van der Waals surface area contributed by atoms with E-state index in [1.54, 1.807) is 0 Å². The van der Waals surface area contributed by atoms with E-state index in [0.29, 0.717) is 5.56 Å². The summed E-state index contributed by atoms with van der Waals surface area (Å²) < 4.78 is 12.6. The molecule has 4 nitrogen and oxygen atoms in total. The molecule has 14 heavy (non-hydrogen) atoms. The van der Waals surface area contributed by atoms with Crippen molar-refractivity contribution < 1.29 is 4.39 Å². The summed E-state index contributed by atoms with van der Waals surface area (Å²) in [4.78, 5) is 2.53. The highest BCUT2D eigenvalue weighted by molar-refractivity contribution is 5.55. The molecule has 0 atom stereocenters.